The van der Waals surface area contributed by atoms with Crippen molar-refractivity contribution >= 4 is 19.8 Å². The molecule has 1 atom stereocenters. The number of sulfonamides is 1. The molecule has 0 aliphatic carbocycles. The molecule has 0 aliphatic rings. The van der Waals surface area contributed by atoms with Crippen molar-refractivity contribution in [2.45, 2.75) is 15.9 Å². The maximum atomic E-state index is 12.7. The Bertz CT molecular complexity index is 698. The van der Waals surface area contributed by atoms with Gasteiger partial charge in [-0.1, -0.05) is 22.0 Å². The fraction of sp³-hybridized carbons (Fsp3) is 0.250. The molecule has 1 unspecified atom stereocenters. The van der Waals surface area contributed by atoms with Crippen molar-refractivity contribution in [3.05, 3.63) is 30.3 Å². The van der Waals surface area contributed by atoms with E-state index in [1.54, 1.807) is 3.77 Å². The monoisotopic (exact) mass is 341 g/mol. The van der Waals surface area contributed by atoms with Gasteiger partial charge in [0.15, 0.2) is 9.73 Å². The van der Waals surface area contributed by atoms with Crippen LogP contribution in [0.5, 0.6) is 0 Å². The molecule has 1 aromatic carbocycles. The van der Waals surface area contributed by atoms with Gasteiger partial charge in [0.2, 0.25) is 0 Å². The molecule has 0 bridgehead atoms. The zero-order valence-corrected chi connectivity index (χ0v) is 10.8. The minimum Gasteiger partial charge on any atom is -0.235 e. The van der Waals surface area contributed by atoms with Crippen LogP contribution in [0.2, 0.25) is 0 Å². The van der Waals surface area contributed by atoms with Crippen LogP contribution in [0, 0.1) is 0 Å². The molecule has 0 aliphatic heterocycles. The van der Waals surface area contributed by atoms with Crippen molar-refractivity contribution in [3.8, 4) is 0 Å². The average molecular weight is 341 g/mol. The van der Waals surface area contributed by atoms with Crippen molar-refractivity contribution in [2.75, 3.05) is 0 Å². The number of halogens is 6. The van der Waals surface area contributed by atoms with Crippen LogP contribution in [-0.2, 0) is 19.8 Å². The van der Waals surface area contributed by atoms with Crippen LogP contribution >= 0.6 is 0 Å². The van der Waals surface area contributed by atoms with Crippen LogP contribution in [0.4, 0.5) is 26.3 Å². The average Bonchev–Trinajstić information content (AvgIpc) is 2.26. The highest BCUT2D eigenvalue weighted by atomic mass is 32.3. The smallest absolute Gasteiger partial charge is 0.235 e. The Hall–Kier alpha value is -1.30. The summed E-state index contributed by atoms with van der Waals surface area (Å²) in [6.45, 7) is 0. The Morgan fingerprint density at radius 1 is 0.800 bits per heavy atom. The molecule has 0 fully saturated rings. The number of alkyl halides is 6. The highest BCUT2D eigenvalue weighted by Crippen LogP contribution is 2.36. The van der Waals surface area contributed by atoms with Gasteiger partial charge in [0.25, 0.3) is 0 Å². The van der Waals surface area contributed by atoms with Gasteiger partial charge in [-0.3, -0.25) is 0 Å². The van der Waals surface area contributed by atoms with Gasteiger partial charge in [0.1, 0.15) is 0 Å². The first-order valence-corrected chi connectivity index (χ1v) is 7.48. The summed E-state index contributed by atoms with van der Waals surface area (Å²) in [6, 6.07) is 4.27. The van der Waals surface area contributed by atoms with E-state index in [-0.39, 0.29) is 0 Å². The lowest BCUT2D eigenvalue weighted by Crippen LogP contribution is -2.28. The quantitative estimate of drug-likeness (QED) is 0.777. The van der Waals surface area contributed by atoms with E-state index in [9.17, 15) is 39.0 Å². The van der Waals surface area contributed by atoms with E-state index in [2.05, 4.69) is 0 Å². The molecule has 12 heteroatoms. The lowest BCUT2D eigenvalue weighted by molar-refractivity contribution is -0.0442. The minimum atomic E-state index is -6.56. The SMILES string of the molecule is O=S(=O)(N=S(=O)(c1ccccc1)C(F)(F)F)C(F)(F)F. The minimum absolute atomic E-state index is 0.575. The lowest BCUT2D eigenvalue weighted by atomic mass is 10.4. The van der Waals surface area contributed by atoms with Gasteiger partial charge in [-0.05, 0) is 12.1 Å². The van der Waals surface area contributed by atoms with Gasteiger partial charge < -0.3 is 0 Å². The van der Waals surface area contributed by atoms with E-state index in [1.807, 2.05) is 0 Å². The third kappa shape index (κ3) is 3.06. The van der Waals surface area contributed by atoms with E-state index in [4.69, 9.17) is 0 Å². The van der Waals surface area contributed by atoms with Crippen molar-refractivity contribution < 1.29 is 39.0 Å². The molecule has 20 heavy (non-hydrogen) atoms. The van der Waals surface area contributed by atoms with Gasteiger partial charge in [-0.15, -0.1) is 0 Å². The molecule has 0 amide bonds. The van der Waals surface area contributed by atoms with Crippen LogP contribution in [0.15, 0.2) is 39.0 Å². The topological polar surface area (TPSA) is 63.6 Å². The summed E-state index contributed by atoms with van der Waals surface area (Å²) in [5.41, 5.74) is -11.9. The number of hydrogen-bond acceptors (Lipinski definition) is 3. The van der Waals surface area contributed by atoms with Crippen LogP contribution in [-0.4, -0.2) is 23.6 Å². The largest absolute Gasteiger partial charge is 0.519 e. The van der Waals surface area contributed by atoms with Crippen molar-refractivity contribution in [3.63, 3.8) is 0 Å². The van der Waals surface area contributed by atoms with Gasteiger partial charge in [0.05, 0.1) is 4.90 Å². The maximum absolute atomic E-state index is 12.7. The first kappa shape index (κ1) is 16.8. The number of rotatable bonds is 2. The maximum Gasteiger partial charge on any atom is 0.519 e. The number of nitrogens with zero attached hydrogens (tertiary/aromatic N) is 1. The summed E-state index contributed by atoms with van der Waals surface area (Å²) in [5.74, 6) is 0. The van der Waals surface area contributed by atoms with Gasteiger partial charge in [0, 0.05) is 0 Å². The lowest BCUT2D eigenvalue weighted by Gasteiger charge is -2.14. The van der Waals surface area contributed by atoms with Crippen molar-refractivity contribution in [1.82, 2.24) is 0 Å². The highest BCUT2D eigenvalue weighted by molar-refractivity contribution is 8.04. The molecular weight excluding hydrogens is 336 g/mol. The second-order valence-corrected chi connectivity index (χ2v) is 7.28. The third-order valence-electron chi connectivity index (χ3n) is 1.87. The zero-order chi connectivity index (χ0) is 15.8. The molecule has 4 nitrogen and oxygen atoms in total. The second kappa shape index (κ2) is 4.91. The predicted octanol–water partition coefficient (Wildman–Crippen LogP) is 2.88. The van der Waals surface area contributed by atoms with E-state index >= 15 is 0 Å². The summed E-state index contributed by atoms with van der Waals surface area (Å²) in [4.78, 5) is -1.18. The van der Waals surface area contributed by atoms with E-state index in [1.165, 1.54) is 6.07 Å². The van der Waals surface area contributed by atoms with Crippen LogP contribution < -0.4 is 0 Å². The summed E-state index contributed by atoms with van der Waals surface area (Å²) in [6.07, 6.45) is 0. The van der Waals surface area contributed by atoms with Crippen LogP contribution in [0.25, 0.3) is 0 Å². The molecule has 0 N–H and O–H groups in total. The van der Waals surface area contributed by atoms with E-state index in [0.29, 0.717) is 12.1 Å². The number of benzene rings is 1. The van der Waals surface area contributed by atoms with Crippen LogP contribution in [0.1, 0.15) is 0 Å². The molecular formula is C8H5F6NO3S2. The Labute approximate surface area is 109 Å². The normalized spacial score (nSPS) is 16.5. The molecule has 0 radical (unpaired) electrons. The van der Waals surface area contributed by atoms with E-state index in [0.717, 1.165) is 12.1 Å². The molecule has 0 aromatic heterocycles. The zero-order valence-electron chi connectivity index (χ0n) is 9.14. The number of hydrogen-bond donors (Lipinski definition) is 0. The Morgan fingerprint density at radius 3 is 1.60 bits per heavy atom. The van der Waals surface area contributed by atoms with Gasteiger partial charge in [-0.25, -0.2) is 4.21 Å². The Morgan fingerprint density at radius 2 is 1.25 bits per heavy atom. The standard InChI is InChI=1S/C8H5F6NO3S2/c9-7(10,11)19(16,6-4-2-1-3-5-6)15-20(17,18)8(12,13)14/h1-5H. The molecule has 0 spiro atoms. The molecule has 0 saturated carbocycles. The second-order valence-electron chi connectivity index (χ2n) is 3.28. The van der Waals surface area contributed by atoms with Gasteiger partial charge in [-0.2, -0.15) is 34.8 Å². The Kier molecular flexibility index (Phi) is 4.11. The fourth-order valence-electron chi connectivity index (χ4n) is 1.00. The molecule has 0 saturated heterocycles. The molecule has 0 heterocycles. The predicted molar refractivity (Wildman–Crippen MR) is 56.3 cm³/mol. The Balaban J connectivity index is 3.74. The van der Waals surface area contributed by atoms with Gasteiger partial charge >= 0.3 is 21.0 Å². The van der Waals surface area contributed by atoms with Crippen molar-refractivity contribution in [1.29, 1.82) is 0 Å². The summed E-state index contributed by atoms with van der Waals surface area (Å²) >= 11 is 0. The summed E-state index contributed by atoms with van der Waals surface area (Å²) in [7, 11) is -12.4. The first-order chi connectivity index (χ1) is 8.81. The molecule has 1 rings (SSSR count). The fourth-order valence-corrected chi connectivity index (χ4v) is 3.92. The molecule has 1 aromatic rings. The van der Waals surface area contributed by atoms with Crippen molar-refractivity contribution in [2.24, 2.45) is 3.77 Å². The summed E-state index contributed by atoms with van der Waals surface area (Å²) in [5, 5.41) is 0. The van der Waals surface area contributed by atoms with Crippen LogP contribution in [0.3, 0.4) is 0 Å². The third-order valence-corrected chi connectivity index (χ3v) is 5.62. The molecule has 114 valence electrons. The summed E-state index contributed by atoms with van der Waals surface area (Å²) < 4.78 is 109. The first-order valence-electron chi connectivity index (χ1n) is 4.52. The highest BCUT2D eigenvalue weighted by Gasteiger charge is 2.52. The van der Waals surface area contributed by atoms with E-state index < -0.39 is 35.7 Å².